The topological polar surface area (TPSA) is 37.4 Å². The van der Waals surface area contributed by atoms with Gasteiger partial charge in [-0.3, -0.25) is 9.59 Å². The van der Waals surface area contributed by atoms with Gasteiger partial charge in [-0.1, -0.05) is 23.2 Å². The lowest BCUT2D eigenvalue weighted by Gasteiger charge is -2.29. The molecule has 0 fully saturated rings. The van der Waals surface area contributed by atoms with E-state index in [1.54, 1.807) is 47.4 Å². The average molecular weight is 320 g/mol. The van der Waals surface area contributed by atoms with Crippen molar-refractivity contribution in [1.29, 1.82) is 0 Å². The molecular weight excluding hydrogens is 309 g/mol. The van der Waals surface area contributed by atoms with Gasteiger partial charge in [-0.2, -0.15) is 0 Å². The Morgan fingerprint density at radius 2 is 1.67 bits per heavy atom. The highest BCUT2D eigenvalue weighted by Gasteiger charge is 2.28. The molecule has 0 saturated carbocycles. The molecule has 1 heterocycles. The van der Waals surface area contributed by atoms with Crippen molar-refractivity contribution in [3.8, 4) is 0 Å². The van der Waals surface area contributed by atoms with Crippen molar-refractivity contribution in [2.24, 2.45) is 0 Å². The number of hydrogen-bond donors (Lipinski definition) is 0. The largest absolute Gasteiger partial charge is 0.307 e. The Balaban J connectivity index is 2.01. The molecule has 1 aliphatic rings. The minimum Gasteiger partial charge on any atom is -0.307 e. The number of hydrogen-bond acceptors (Lipinski definition) is 2. The summed E-state index contributed by atoms with van der Waals surface area (Å²) in [6.45, 7) is 0.370. The van der Waals surface area contributed by atoms with Gasteiger partial charge in [0.05, 0.1) is 5.69 Å². The summed E-state index contributed by atoms with van der Waals surface area (Å²) in [5, 5.41) is 1.07. The number of ketones is 1. The fourth-order valence-corrected chi connectivity index (χ4v) is 2.69. The number of amides is 1. The van der Waals surface area contributed by atoms with Crippen LogP contribution < -0.4 is 4.90 Å². The summed E-state index contributed by atoms with van der Waals surface area (Å²) in [7, 11) is 0. The first-order valence-electron chi connectivity index (χ1n) is 6.46. The third-order valence-electron chi connectivity index (χ3n) is 3.45. The number of Topliss-reactive ketones (excluding diaryl/α,β-unsaturated/α-hetero) is 1. The van der Waals surface area contributed by atoms with E-state index in [9.17, 15) is 9.59 Å². The first-order chi connectivity index (χ1) is 10.1. The lowest BCUT2D eigenvalue weighted by molar-refractivity contribution is 0.0955. The Labute approximate surface area is 132 Å². The summed E-state index contributed by atoms with van der Waals surface area (Å²) in [6.07, 6.45) is 0.298. The number of carbonyl (C=O) groups is 2. The molecule has 0 saturated heterocycles. The molecule has 2 aromatic carbocycles. The Kier molecular flexibility index (Phi) is 3.70. The summed E-state index contributed by atoms with van der Waals surface area (Å²) in [4.78, 5) is 26.2. The molecule has 3 nitrogen and oxygen atoms in total. The van der Waals surface area contributed by atoms with Crippen molar-refractivity contribution < 1.29 is 9.59 Å². The Morgan fingerprint density at radius 1 is 1.00 bits per heavy atom. The molecule has 0 N–H and O–H groups in total. The molecule has 5 heteroatoms. The highest BCUT2D eigenvalue weighted by atomic mass is 35.5. The van der Waals surface area contributed by atoms with E-state index in [0.29, 0.717) is 39.8 Å². The van der Waals surface area contributed by atoms with Crippen LogP contribution in [0.1, 0.15) is 27.1 Å². The maximum atomic E-state index is 12.6. The number of anilines is 1. The highest BCUT2D eigenvalue weighted by molar-refractivity contribution is 6.31. The molecule has 3 rings (SSSR count). The number of halogens is 2. The number of carbonyl (C=O) groups excluding carboxylic acids is 2. The second-order valence-corrected chi connectivity index (χ2v) is 5.67. The normalized spacial score (nSPS) is 14.0. The summed E-state index contributed by atoms with van der Waals surface area (Å²) in [5.74, 6) is -0.143. The lowest BCUT2D eigenvalue weighted by atomic mass is 9.99. The van der Waals surface area contributed by atoms with Crippen LogP contribution in [0.2, 0.25) is 10.0 Å². The van der Waals surface area contributed by atoms with E-state index in [1.807, 2.05) is 0 Å². The van der Waals surface area contributed by atoms with Crippen LogP contribution in [0.15, 0.2) is 42.5 Å². The fourth-order valence-electron chi connectivity index (χ4n) is 2.39. The number of rotatable bonds is 1. The van der Waals surface area contributed by atoms with Crippen molar-refractivity contribution in [1.82, 2.24) is 0 Å². The third-order valence-corrected chi connectivity index (χ3v) is 3.94. The molecule has 0 atom stereocenters. The number of benzene rings is 2. The summed E-state index contributed by atoms with van der Waals surface area (Å²) < 4.78 is 0. The monoisotopic (exact) mass is 319 g/mol. The van der Waals surface area contributed by atoms with Gasteiger partial charge in [0, 0.05) is 34.1 Å². The molecule has 106 valence electrons. The minimum atomic E-state index is -0.150. The first kappa shape index (κ1) is 14.1. The lowest BCUT2D eigenvalue weighted by Crippen LogP contribution is -2.37. The zero-order valence-corrected chi connectivity index (χ0v) is 12.5. The predicted molar refractivity (Wildman–Crippen MR) is 83.5 cm³/mol. The Hall–Kier alpha value is -1.84. The zero-order chi connectivity index (χ0) is 15.0. The fraction of sp³-hybridized carbons (Fsp3) is 0.125. The summed E-state index contributed by atoms with van der Waals surface area (Å²) >= 11 is 11.8. The van der Waals surface area contributed by atoms with Gasteiger partial charge in [0.1, 0.15) is 0 Å². The van der Waals surface area contributed by atoms with E-state index in [-0.39, 0.29) is 11.7 Å². The van der Waals surface area contributed by atoms with Gasteiger partial charge in [0.15, 0.2) is 5.78 Å². The van der Waals surface area contributed by atoms with Gasteiger partial charge >= 0.3 is 0 Å². The van der Waals surface area contributed by atoms with Crippen molar-refractivity contribution in [2.75, 3.05) is 11.4 Å². The molecule has 0 bridgehead atoms. The SMILES string of the molecule is O=C1CCN(C(=O)c2ccc(Cl)cc2)c2ccc(Cl)cc21. The van der Waals surface area contributed by atoms with E-state index in [1.165, 1.54) is 0 Å². The molecule has 0 unspecified atom stereocenters. The van der Waals surface area contributed by atoms with Gasteiger partial charge in [-0.25, -0.2) is 0 Å². The molecule has 1 aliphatic heterocycles. The van der Waals surface area contributed by atoms with Crippen LogP contribution in [-0.4, -0.2) is 18.2 Å². The van der Waals surface area contributed by atoms with E-state index in [0.717, 1.165) is 0 Å². The Morgan fingerprint density at radius 3 is 2.38 bits per heavy atom. The molecule has 0 radical (unpaired) electrons. The van der Waals surface area contributed by atoms with E-state index < -0.39 is 0 Å². The number of fused-ring (bicyclic) bond motifs is 1. The van der Waals surface area contributed by atoms with Gasteiger partial charge in [0.25, 0.3) is 5.91 Å². The Bertz CT molecular complexity index is 726. The van der Waals surface area contributed by atoms with Crippen molar-refractivity contribution >= 4 is 40.6 Å². The molecule has 0 spiro atoms. The van der Waals surface area contributed by atoms with Crippen LogP contribution >= 0.6 is 23.2 Å². The van der Waals surface area contributed by atoms with Crippen LogP contribution in [0.3, 0.4) is 0 Å². The average Bonchev–Trinajstić information content (AvgIpc) is 2.48. The van der Waals surface area contributed by atoms with Crippen LogP contribution in [0.5, 0.6) is 0 Å². The molecule has 21 heavy (non-hydrogen) atoms. The first-order valence-corrected chi connectivity index (χ1v) is 7.22. The zero-order valence-electron chi connectivity index (χ0n) is 11.0. The van der Waals surface area contributed by atoms with Gasteiger partial charge in [0.2, 0.25) is 0 Å². The minimum absolute atomic E-state index is 0.00709. The van der Waals surface area contributed by atoms with Crippen LogP contribution in [0.25, 0.3) is 0 Å². The van der Waals surface area contributed by atoms with Gasteiger partial charge in [-0.15, -0.1) is 0 Å². The van der Waals surface area contributed by atoms with Crippen LogP contribution in [-0.2, 0) is 0 Å². The van der Waals surface area contributed by atoms with E-state index in [4.69, 9.17) is 23.2 Å². The molecule has 2 aromatic rings. The predicted octanol–water partition coefficient (Wildman–Crippen LogP) is 4.23. The standard InChI is InChI=1S/C16H11Cl2NO2/c17-11-3-1-10(2-4-11)16(21)19-8-7-15(20)13-9-12(18)5-6-14(13)19/h1-6,9H,7-8H2. The maximum absolute atomic E-state index is 12.6. The van der Waals surface area contributed by atoms with Crippen LogP contribution in [0, 0.1) is 0 Å². The quantitative estimate of drug-likeness (QED) is 0.789. The van der Waals surface area contributed by atoms with E-state index in [2.05, 4.69) is 0 Å². The maximum Gasteiger partial charge on any atom is 0.258 e. The van der Waals surface area contributed by atoms with Gasteiger partial charge in [-0.05, 0) is 42.5 Å². The molecule has 1 amide bonds. The second kappa shape index (κ2) is 5.51. The summed E-state index contributed by atoms with van der Waals surface area (Å²) in [6, 6.07) is 11.7. The highest BCUT2D eigenvalue weighted by Crippen LogP contribution is 2.30. The van der Waals surface area contributed by atoms with E-state index >= 15 is 0 Å². The van der Waals surface area contributed by atoms with Crippen LogP contribution in [0.4, 0.5) is 5.69 Å². The van der Waals surface area contributed by atoms with Crippen molar-refractivity contribution in [2.45, 2.75) is 6.42 Å². The molecular formula is C16H11Cl2NO2. The molecule has 0 aliphatic carbocycles. The number of nitrogens with zero attached hydrogens (tertiary/aromatic N) is 1. The van der Waals surface area contributed by atoms with Gasteiger partial charge < -0.3 is 4.90 Å². The third kappa shape index (κ3) is 2.67. The second-order valence-electron chi connectivity index (χ2n) is 4.80. The smallest absolute Gasteiger partial charge is 0.258 e. The van der Waals surface area contributed by atoms with Crippen molar-refractivity contribution in [3.63, 3.8) is 0 Å². The van der Waals surface area contributed by atoms with Crippen molar-refractivity contribution in [3.05, 3.63) is 63.6 Å². The molecule has 0 aromatic heterocycles. The summed E-state index contributed by atoms with van der Waals surface area (Å²) in [5.41, 5.74) is 1.64.